The third-order valence-corrected chi connectivity index (χ3v) is 2.91. The molecule has 0 aliphatic carbocycles. The summed E-state index contributed by atoms with van der Waals surface area (Å²) in [6.45, 7) is 3.10. The van der Waals surface area contributed by atoms with E-state index in [9.17, 15) is 0 Å². The van der Waals surface area contributed by atoms with Crippen molar-refractivity contribution in [2.45, 2.75) is 19.9 Å². The number of pyridine rings is 2. The summed E-state index contributed by atoms with van der Waals surface area (Å²) in [5.74, 6) is 0. The Labute approximate surface area is 105 Å². The molecule has 0 saturated carbocycles. The summed E-state index contributed by atoms with van der Waals surface area (Å²) in [7, 11) is 0. The highest BCUT2D eigenvalue weighted by atomic mass is 15.1. The van der Waals surface area contributed by atoms with Crippen LogP contribution in [0.2, 0.25) is 0 Å². The normalized spacial score (nSPS) is 10.9. The van der Waals surface area contributed by atoms with E-state index in [4.69, 9.17) is 0 Å². The third kappa shape index (κ3) is 1.86. The fourth-order valence-corrected chi connectivity index (χ4v) is 2.04. The van der Waals surface area contributed by atoms with Crippen molar-refractivity contribution in [1.29, 1.82) is 0 Å². The summed E-state index contributed by atoms with van der Waals surface area (Å²) >= 11 is 0. The molecule has 3 rings (SSSR count). The van der Waals surface area contributed by atoms with Gasteiger partial charge in [-0.15, -0.1) is 0 Å². The molecule has 0 atom stereocenters. The van der Waals surface area contributed by atoms with E-state index in [0.29, 0.717) is 0 Å². The number of rotatable bonds is 3. The monoisotopic (exact) mass is 238 g/mol. The zero-order valence-electron chi connectivity index (χ0n) is 10.2. The average Bonchev–Trinajstić information content (AvgIpc) is 2.83. The van der Waals surface area contributed by atoms with Crippen LogP contribution in [-0.4, -0.2) is 19.5 Å². The van der Waals surface area contributed by atoms with Gasteiger partial charge in [0, 0.05) is 36.3 Å². The first-order valence-electron chi connectivity index (χ1n) is 6.10. The summed E-state index contributed by atoms with van der Waals surface area (Å²) in [5, 5.41) is 0. The second-order valence-electron chi connectivity index (χ2n) is 4.25. The van der Waals surface area contributed by atoms with E-state index in [2.05, 4.69) is 32.5 Å². The van der Waals surface area contributed by atoms with Crippen molar-refractivity contribution in [2.75, 3.05) is 0 Å². The number of imidazole rings is 1. The van der Waals surface area contributed by atoms with Crippen LogP contribution in [0.3, 0.4) is 0 Å². The topological polar surface area (TPSA) is 43.6 Å². The maximum Gasteiger partial charge on any atom is 0.159 e. The van der Waals surface area contributed by atoms with Gasteiger partial charge in [-0.2, -0.15) is 0 Å². The van der Waals surface area contributed by atoms with Crippen LogP contribution in [0.25, 0.3) is 22.3 Å². The summed E-state index contributed by atoms with van der Waals surface area (Å²) in [5.41, 5.74) is 4.00. The highest BCUT2D eigenvalue weighted by molar-refractivity contribution is 5.77. The molecular formula is C14H14N4. The van der Waals surface area contributed by atoms with Gasteiger partial charge in [-0.25, -0.2) is 9.97 Å². The SMILES string of the molecule is CCCn1cnc2cc(-c3cccnc3)cnc21. The first-order valence-corrected chi connectivity index (χ1v) is 6.10. The molecule has 3 aromatic heterocycles. The maximum absolute atomic E-state index is 4.51. The van der Waals surface area contributed by atoms with E-state index >= 15 is 0 Å². The molecule has 0 bridgehead atoms. The standard InChI is InChI=1S/C14H14N4/c1-2-6-18-10-17-13-7-12(9-16-14(13)18)11-4-3-5-15-8-11/h3-5,7-10H,2,6H2,1H3. The Bertz CT molecular complexity index is 658. The number of aryl methyl sites for hydroxylation is 1. The van der Waals surface area contributed by atoms with Gasteiger partial charge in [-0.05, 0) is 18.6 Å². The van der Waals surface area contributed by atoms with Crippen LogP contribution >= 0.6 is 0 Å². The molecule has 0 saturated heterocycles. The van der Waals surface area contributed by atoms with Crippen molar-refractivity contribution in [1.82, 2.24) is 19.5 Å². The fraction of sp³-hybridized carbons (Fsp3) is 0.214. The second kappa shape index (κ2) is 4.56. The zero-order valence-corrected chi connectivity index (χ0v) is 10.2. The molecule has 3 aromatic rings. The van der Waals surface area contributed by atoms with Gasteiger partial charge in [0.1, 0.15) is 5.52 Å². The molecule has 0 unspecified atom stereocenters. The smallest absolute Gasteiger partial charge is 0.159 e. The minimum atomic E-state index is 0.935. The third-order valence-electron chi connectivity index (χ3n) is 2.91. The van der Waals surface area contributed by atoms with Crippen molar-refractivity contribution in [2.24, 2.45) is 0 Å². The molecule has 0 aliphatic heterocycles. The van der Waals surface area contributed by atoms with E-state index in [1.807, 2.05) is 30.9 Å². The highest BCUT2D eigenvalue weighted by Gasteiger charge is 2.05. The van der Waals surface area contributed by atoms with E-state index in [0.717, 1.165) is 35.3 Å². The number of nitrogens with zero attached hydrogens (tertiary/aromatic N) is 4. The van der Waals surface area contributed by atoms with Gasteiger partial charge in [-0.3, -0.25) is 4.98 Å². The van der Waals surface area contributed by atoms with Crippen LogP contribution in [-0.2, 0) is 6.54 Å². The molecule has 0 aliphatic rings. The Hall–Kier alpha value is -2.23. The Morgan fingerprint density at radius 2 is 2.11 bits per heavy atom. The highest BCUT2D eigenvalue weighted by Crippen LogP contribution is 2.21. The lowest BCUT2D eigenvalue weighted by Gasteiger charge is -2.02. The van der Waals surface area contributed by atoms with Crippen LogP contribution in [0.1, 0.15) is 13.3 Å². The molecule has 4 nitrogen and oxygen atoms in total. The summed E-state index contributed by atoms with van der Waals surface area (Å²) in [6, 6.07) is 6.01. The number of aromatic nitrogens is 4. The van der Waals surface area contributed by atoms with Crippen molar-refractivity contribution < 1.29 is 0 Å². The minimum absolute atomic E-state index is 0.935. The van der Waals surface area contributed by atoms with Crippen LogP contribution in [0.5, 0.6) is 0 Å². The molecule has 0 amide bonds. The van der Waals surface area contributed by atoms with Crippen LogP contribution < -0.4 is 0 Å². The van der Waals surface area contributed by atoms with Crippen LogP contribution in [0.4, 0.5) is 0 Å². The summed E-state index contributed by atoms with van der Waals surface area (Å²) in [6.07, 6.45) is 8.43. The molecule has 0 radical (unpaired) electrons. The van der Waals surface area contributed by atoms with Gasteiger partial charge in [0.2, 0.25) is 0 Å². The summed E-state index contributed by atoms with van der Waals surface area (Å²) in [4.78, 5) is 13.0. The number of hydrogen-bond acceptors (Lipinski definition) is 3. The van der Waals surface area contributed by atoms with Gasteiger partial charge in [0.25, 0.3) is 0 Å². The maximum atomic E-state index is 4.51. The molecular weight excluding hydrogens is 224 g/mol. The fourth-order valence-electron chi connectivity index (χ4n) is 2.04. The van der Waals surface area contributed by atoms with Gasteiger partial charge in [0.05, 0.1) is 6.33 Å². The number of fused-ring (bicyclic) bond motifs is 1. The second-order valence-corrected chi connectivity index (χ2v) is 4.25. The molecule has 3 heterocycles. The first kappa shape index (κ1) is 10.9. The van der Waals surface area contributed by atoms with E-state index in [1.165, 1.54) is 0 Å². The van der Waals surface area contributed by atoms with E-state index < -0.39 is 0 Å². The largest absolute Gasteiger partial charge is 0.315 e. The molecule has 0 spiro atoms. The van der Waals surface area contributed by atoms with Crippen LogP contribution in [0, 0.1) is 0 Å². The molecule has 4 heteroatoms. The van der Waals surface area contributed by atoms with Crippen molar-refractivity contribution >= 4 is 11.2 Å². The van der Waals surface area contributed by atoms with E-state index in [1.54, 1.807) is 6.20 Å². The predicted octanol–water partition coefficient (Wildman–Crippen LogP) is 2.90. The van der Waals surface area contributed by atoms with E-state index in [-0.39, 0.29) is 0 Å². The van der Waals surface area contributed by atoms with Gasteiger partial charge in [0.15, 0.2) is 5.65 Å². The van der Waals surface area contributed by atoms with Crippen molar-refractivity contribution in [3.8, 4) is 11.1 Å². The number of hydrogen-bond donors (Lipinski definition) is 0. The minimum Gasteiger partial charge on any atom is -0.315 e. The van der Waals surface area contributed by atoms with Crippen LogP contribution in [0.15, 0.2) is 43.1 Å². The van der Waals surface area contributed by atoms with Gasteiger partial charge >= 0.3 is 0 Å². The Morgan fingerprint density at radius 1 is 1.17 bits per heavy atom. The molecule has 0 N–H and O–H groups in total. The predicted molar refractivity (Wildman–Crippen MR) is 71.1 cm³/mol. The van der Waals surface area contributed by atoms with Gasteiger partial charge < -0.3 is 4.57 Å². The van der Waals surface area contributed by atoms with Gasteiger partial charge in [-0.1, -0.05) is 13.0 Å². The Morgan fingerprint density at radius 3 is 2.89 bits per heavy atom. The average molecular weight is 238 g/mol. The molecule has 90 valence electrons. The molecule has 18 heavy (non-hydrogen) atoms. The molecule has 0 aromatic carbocycles. The zero-order chi connectivity index (χ0) is 12.4. The lowest BCUT2D eigenvalue weighted by Crippen LogP contribution is -1.95. The summed E-state index contributed by atoms with van der Waals surface area (Å²) < 4.78 is 2.09. The molecule has 0 fully saturated rings. The Balaban J connectivity index is 2.07. The van der Waals surface area contributed by atoms with Crippen molar-refractivity contribution in [3.63, 3.8) is 0 Å². The lowest BCUT2D eigenvalue weighted by atomic mass is 10.1. The Kier molecular flexibility index (Phi) is 2.76. The lowest BCUT2D eigenvalue weighted by molar-refractivity contribution is 0.691. The first-order chi connectivity index (χ1) is 8.88. The van der Waals surface area contributed by atoms with Crippen molar-refractivity contribution in [3.05, 3.63) is 43.1 Å². The quantitative estimate of drug-likeness (QED) is 0.704.